The molecule has 1 amide bonds. The monoisotopic (exact) mass is 355 g/mol. The van der Waals surface area contributed by atoms with Gasteiger partial charge in [-0.05, 0) is 50.2 Å². The van der Waals surface area contributed by atoms with Crippen LogP contribution in [0, 0.1) is 19.7 Å². The minimum Gasteiger partial charge on any atom is -0.369 e. The molecule has 1 fully saturated rings. The molecule has 2 aromatic rings. The number of carbonyl (C=O) groups excluding carboxylic acids is 1. The molecule has 0 aromatic heterocycles. The second-order valence-corrected chi connectivity index (χ2v) is 6.94. The molecule has 1 heterocycles. The molecule has 3 rings (SSSR count). The number of halogens is 1. The first-order valence-corrected chi connectivity index (χ1v) is 9.10. The van der Waals surface area contributed by atoms with E-state index in [1.54, 1.807) is 0 Å². The van der Waals surface area contributed by atoms with Crippen molar-refractivity contribution >= 4 is 11.6 Å². The molecule has 0 radical (unpaired) electrons. The van der Waals surface area contributed by atoms with Crippen LogP contribution in [0.2, 0.25) is 0 Å². The smallest absolute Gasteiger partial charge is 0.251 e. The van der Waals surface area contributed by atoms with E-state index in [-0.39, 0.29) is 11.7 Å². The van der Waals surface area contributed by atoms with Gasteiger partial charge in [0.2, 0.25) is 0 Å². The van der Waals surface area contributed by atoms with Crippen LogP contribution in [0.25, 0.3) is 0 Å². The summed E-state index contributed by atoms with van der Waals surface area (Å²) in [6.07, 6.45) is 0. The Bertz CT molecular complexity index is 732. The summed E-state index contributed by atoms with van der Waals surface area (Å²) in [6.45, 7) is 9.20. The molecule has 0 spiro atoms. The third kappa shape index (κ3) is 4.82. The Morgan fingerprint density at radius 3 is 2.23 bits per heavy atom. The lowest BCUT2D eigenvalue weighted by Gasteiger charge is -2.36. The molecule has 138 valence electrons. The number of piperazine rings is 1. The zero-order chi connectivity index (χ0) is 18.5. The zero-order valence-corrected chi connectivity index (χ0v) is 15.5. The fraction of sp³-hybridized carbons (Fsp3) is 0.381. The van der Waals surface area contributed by atoms with Gasteiger partial charge >= 0.3 is 0 Å². The van der Waals surface area contributed by atoms with Crippen LogP contribution in [-0.2, 0) is 0 Å². The number of nitrogens with zero attached hydrogens (tertiary/aromatic N) is 2. The summed E-state index contributed by atoms with van der Waals surface area (Å²) in [5.41, 5.74) is 4.00. The van der Waals surface area contributed by atoms with Gasteiger partial charge in [-0.2, -0.15) is 0 Å². The fourth-order valence-corrected chi connectivity index (χ4v) is 3.42. The molecule has 1 aliphatic rings. The Balaban J connectivity index is 1.42. The molecule has 0 aliphatic carbocycles. The van der Waals surface area contributed by atoms with Gasteiger partial charge in [0.05, 0.1) is 0 Å². The van der Waals surface area contributed by atoms with Gasteiger partial charge < -0.3 is 10.2 Å². The van der Waals surface area contributed by atoms with Gasteiger partial charge in [0, 0.05) is 50.5 Å². The van der Waals surface area contributed by atoms with Crippen LogP contribution >= 0.6 is 0 Å². The highest BCUT2D eigenvalue weighted by atomic mass is 19.1. The highest BCUT2D eigenvalue weighted by Crippen LogP contribution is 2.16. The molecule has 0 atom stereocenters. The summed E-state index contributed by atoms with van der Waals surface area (Å²) in [5, 5.41) is 3.01. The van der Waals surface area contributed by atoms with Crippen LogP contribution in [-0.4, -0.2) is 50.1 Å². The number of hydrogen-bond donors (Lipinski definition) is 1. The summed E-state index contributed by atoms with van der Waals surface area (Å²) < 4.78 is 13.0. The lowest BCUT2D eigenvalue weighted by atomic mass is 10.1. The number of anilines is 1. The number of nitrogens with one attached hydrogen (secondary N) is 1. The van der Waals surface area contributed by atoms with Crippen LogP contribution in [0.5, 0.6) is 0 Å². The maximum absolute atomic E-state index is 13.0. The third-order valence-corrected chi connectivity index (χ3v) is 4.76. The van der Waals surface area contributed by atoms with Crippen molar-refractivity contribution in [1.82, 2.24) is 10.2 Å². The van der Waals surface area contributed by atoms with E-state index in [2.05, 4.69) is 21.2 Å². The van der Waals surface area contributed by atoms with Gasteiger partial charge in [0.1, 0.15) is 5.82 Å². The van der Waals surface area contributed by atoms with Gasteiger partial charge in [-0.25, -0.2) is 4.39 Å². The second-order valence-electron chi connectivity index (χ2n) is 6.94. The SMILES string of the molecule is Cc1cc(C)cc(C(=O)NCCN2CCN(c3ccc(F)cc3)CC2)c1. The fourth-order valence-electron chi connectivity index (χ4n) is 3.42. The zero-order valence-electron chi connectivity index (χ0n) is 15.5. The Labute approximate surface area is 154 Å². The standard InChI is InChI=1S/C21H26FN3O/c1-16-13-17(2)15-18(14-16)21(26)23-7-8-24-9-11-25(12-10-24)20-5-3-19(22)4-6-20/h3-6,13-15H,7-12H2,1-2H3,(H,23,26). The van der Waals surface area contributed by atoms with E-state index in [9.17, 15) is 9.18 Å². The lowest BCUT2D eigenvalue weighted by molar-refractivity contribution is 0.0947. The van der Waals surface area contributed by atoms with E-state index in [0.717, 1.165) is 55.1 Å². The number of rotatable bonds is 5. The van der Waals surface area contributed by atoms with Crippen LogP contribution in [0.4, 0.5) is 10.1 Å². The number of hydrogen-bond acceptors (Lipinski definition) is 3. The van der Waals surface area contributed by atoms with E-state index < -0.39 is 0 Å². The van der Waals surface area contributed by atoms with Crippen molar-refractivity contribution in [3.63, 3.8) is 0 Å². The molecular formula is C21H26FN3O. The predicted molar refractivity (Wildman–Crippen MR) is 103 cm³/mol. The second kappa shape index (κ2) is 8.32. The Hall–Kier alpha value is -2.40. The summed E-state index contributed by atoms with van der Waals surface area (Å²) >= 11 is 0. The van der Waals surface area contributed by atoms with Crippen molar-refractivity contribution in [1.29, 1.82) is 0 Å². The van der Waals surface area contributed by atoms with Gasteiger partial charge in [-0.3, -0.25) is 9.69 Å². The summed E-state index contributed by atoms with van der Waals surface area (Å²) in [6, 6.07) is 12.6. The van der Waals surface area contributed by atoms with E-state index in [4.69, 9.17) is 0 Å². The quantitative estimate of drug-likeness (QED) is 0.896. The number of aryl methyl sites for hydroxylation is 2. The number of carbonyl (C=O) groups is 1. The minimum absolute atomic E-state index is 0.0123. The third-order valence-electron chi connectivity index (χ3n) is 4.76. The van der Waals surface area contributed by atoms with Crippen LogP contribution in [0.3, 0.4) is 0 Å². The van der Waals surface area contributed by atoms with Crippen molar-refractivity contribution in [3.8, 4) is 0 Å². The van der Waals surface area contributed by atoms with Crippen molar-refractivity contribution in [2.45, 2.75) is 13.8 Å². The van der Waals surface area contributed by atoms with Crippen molar-refractivity contribution in [3.05, 3.63) is 65.0 Å². The van der Waals surface area contributed by atoms with Gasteiger partial charge in [-0.1, -0.05) is 17.2 Å². The molecular weight excluding hydrogens is 329 g/mol. The van der Waals surface area contributed by atoms with Crippen LogP contribution in [0.15, 0.2) is 42.5 Å². The minimum atomic E-state index is -0.202. The van der Waals surface area contributed by atoms with Crippen LogP contribution in [0.1, 0.15) is 21.5 Å². The normalized spacial score (nSPS) is 15.1. The number of benzene rings is 2. The molecule has 26 heavy (non-hydrogen) atoms. The molecule has 2 aromatic carbocycles. The number of amides is 1. The Morgan fingerprint density at radius 1 is 1.00 bits per heavy atom. The maximum Gasteiger partial charge on any atom is 0.251 e. The molecule has 0 saturated carbocycles. The molecule has 5 heteroatoms. The van der Waals surface area contributed by atoms with E-state index in [1.807, 2.05) is 38.1 Å². The Kier molecular flexibility index (Phi) is 5.89. The van der Waals surface area contributed by atoms with Crippen molar-refractivity contribution in [2.24, 2.45) is 0 Å². The Morgan fingerprint density at radius 2 is 1.62 bits per heavy atom. The predicted octanol–water partition coefficient (Wildman–Crippen LogP) is 2.99. The highest BCUT2D eigenvalue weighted by molar-refractivity contribution is 5.94. The average molecular weight is 355 g/mol. The first-order valence-electron chi connectivity index (χ1n) is 9.10. The maximum atomic E-state index is 13.0. The molecule has 4 nitrogen and oxygen atoms in total. The summed E-state index contributed by atoms with van der Waals surface area (Å²) in [5.74, 6) is -0.214. The van der Waals surface area contributed by atoms with Gasteiger partial charge in [0.15, 0.2) is 0 Å². The molecule has 1 saturated heterocycles. The molecule has 1 aliphatic heterocycles. The largest absolute Gasteiger partial charge is 0.369 e. The first kappa shape index (κ1) is 18.4. The van der Waals surface area contributed by atoms with Gasteiger partial charge in [0.25, 0.3) is 5.91 Å². The first-order chi connectivity index (χ1) is 12.5. The summed E-state index contributed by atoms with van der Waals surface area (Å²) in [4.78, 5) is 16.9. The summed E-state index contributed by atoms with van der Waals surface area (Å²) in [7, 11) is 0. The highest BCUT2D eigenvalue weighted by Gasteiger charge is 2.17. The average Bonchev–Trinajstić information content (AvgIpc) is 2.62. The molecule has 0 bridgehead atoms. The van der Waals surface area contributed by atoms with E-state index in [1.165, 1.54) is 12.1 Å². The topological polar surface area (TPSA) is 35.6 Å². The van der Waals surface area contributed by atoms with E-state index >= 15 is 0 Å². The van der Waals surface area contributed by atoms with E-state index in [0.29, 0.717) is 6.54 Å². The van der Waals surface area contributed by atoms with Crippen molar-refractivity contribution in [2.75, 3.05) is 44.2 Å². The molecule has 0 unspecified atom stereocenters. The molecule has 1 N–H and O–H groups in total. The van der Waals surface area contributed by atoms with Gasteiger partial charge in [-0.15, -0.1) is 0 Å². The van der Waals surface area contributed by atoms with Crippen LogP contribution < -0.4 is 10.2 Å². The van der Waals surface area contributed by atoms with Crippen molar-refractivity contribution < 1.29 is 9.18 Å². The lowest BCUT2D eigenvalue weighted by Crippen LogP contribution is -2.48.